The van der Waals surface area contributed by atoms with Gasteiger partial charge in [0.25, 0.3) is 0 Å². The van der Waals surface area contributed by atoms with Crippen LogP contribution >= 0.6 is 0 Å². The lowest BCUT2D eigenvalue weighted by Crippen LogP contribution is -2.45. The minimum Gasteiger partial charge on any atom is -0.508 e. The van der Waals surface area contributed by atoms with Crippen LogP contribution in [0.1, 0.15) is 5.56 Å². The van der Waals surface area contributed by atoms with Crippen LogP contribution in [0.5, 0.6) is 5.75 Å². The Morgan fingerprint density at radius 2 is 1.48 bits per heavy atom. The third-order valence-electron chi connectivity index (χ3n) is 3.97. The monoisotopic (exact) mass is 283 g/mol. The number of rotatable bonds is 3. The molecule has 1 aliphatic heterocycles. The smallest absolute Gasteiger partial charge is 0.115 e. The number of anilines is 2. The molecule has 21 heavy (non-hydrogen) atoms. The number of piperazine rings is 1. The summed E-state index contributed by atoms with van der Waals surface area (Å²) in [5.74, 6) is 0.326. The highest BCUT2D eigenvalue weighted by Gasteiger charge is 2.17. The van der Waals surface area contributed by atoms with Crippen molar-refractivity contribution < 1.29 is 5.11 Å². The van der Waals surface area contributed by atoms with Gasteiger partial charge in [-0.2, -0.15) is 0 Å². The number of nitrogens with zero attached hydrogens (tertiary/aromatic N) is 2. The van der Waals surface area contributed by atoms with Gasteiger partial charge in [0, 0.05) is 44.1 Å². The van der Waals surface area contributed by atoms with Gasteiger partial charge in [-0.3, -0.25) is 4.90 Å². The Morgan fingerprint density at radius 1 is 0.857 bits per heavy atom. The lowest BCUT2D eigenvalue weighted by atomic mass is 10.2. The first-order chi connectivity index (χ1) is 10.2. The second kappa shape index (κ2) is 6.06. The van der Waals surface area contributed by atoms with Gasteiger partial charge in [0.1, 0.15) is 5.75 Å². The molecule has 1 heterocycles. The molecule has 4 nitrogen and oxygen atoms in total. The number of aromatic hydroxyl groups is 1. The predicted octanol–water partition coefficient (Wildman–Crippen LogP) is 2.30. The Hall–Kier alpha value is -2.20. The molecule has 0 saturated carbocycles. The van der Waals surface area contributed by atoms with E-state index in [1.807, 2.05) is 24.3 Å². The van der Waals surface area contributed by atoms with E-state index in [2.05, 4.69) is 21.9 Å². The van der Waals surface area contributed by atoms with E-state index in [4.69, 9.17) is 5.73 Å². The summed E-state index contributed by atoms with van der Waals surface area (Å²) in [5, 5.41) is 9.31. The highest BCUT2D eigenvalue weighted by Crippen LogP contribution is 2.19. The molecule has 0 atom stereocenters. The molecule has 2 aromatic rings. The summed E-state index contributed by atoms with van der Waals surface area (Å²) in [5.41, 5.74) is 9.03. The number of benzene rings is 2. The van der Waals surface area contributed by atoms with Crippen molar-refractivity contribution in [2.24, 2.45) is 0 Å². The SMILES string of the molecule is Nc1ccc(N2CCN(Cc3ccc(O)cc3)CC2)cc1. The first-order valence-electron chi connectivity index (χ1n) is 7.31. The van der Waals surface area contributed by atoms with Crippen LogP contribution in [0.2, 0.25) is 0 Å². The topological polar surface area (TPSA) is 52.7 Å². The van der Waals surface area contributed by atoms with Crippen LogP contribution in [0.4, 0.5) is 11.4 Å². The molecule has 1 saturated heterocycles. The molecule has 3 rings (SSSR count). The van der Waals surface area contributed by atoms with E-state index in [0.717, 1.165) is 38.4 Å². The van der Waals surface area contributed by atoms with Crippen molar-refractivity contribution in [1.29, 1.82) is 0 Å². The summed E-state index contributed by atoms with van der Waals surface area (Å²) in [6, 6.07) is 15.6. The van der Waals surface area contributed by atoms with E-state index in [-0.39, 0.29) is 0 Å². The zero-order chi connectivity index (χ0) is 14.7. The summed E-state index contributed by atoms with van der Waals surface area (Å²) in [6.45, 7) is 5.09. The van der Waals surface area contributed by atoms with E-state index >= 15 is 0 Å². The largest absolute Gasteiger partial charge is 0.508 e. The Labute approximate surface area is 125 Å². The van der Waals surface area contributed by atoms with E-state index in [9.17, 15) is 5.11 Å². The minimum atomic E-state index is 0.326. The van der Waals surface area contributed by atoms with Crippen LogP contribution < -0.4 is 10.6 Å². The molecule has 3 N–H and O–H groups in total. The fourth-order valence-electron chi connectivity index (χ4n) is 2.71. The number of phenolic OH excluding ortho intramolecular Hbond substituents is 1. The van der Waals surface area contributed by atoms with Gasteiger partial charge in [-0.15, -0.1) is 0 Å². The Bertz CT molecular complexity index is 572. The molecule has 1 fully saturated rings. The highest BCUT2D eigenvalue weighted by molar-refractivity contribution is 5.53. The van der Waals surface area contributed by atoms with Gasteiger partial charge >= 0.3 is 0 Å². The van der Waals surface area contributed by atoms with Gasteiger partial charge in [-0.25, -0.2) is 0 Å². The standard InChI is InChI=1S/C17H21N3O/c18-15-3-5-16(6-4-15)20-11-9-19(10-12-20)13-14-1-7-17(21)8-2-14/h1-8,21H,9-13,18H2. The second-order valence-electron chi connectivity index (χ2n) is 5.52. The molecule has 2 aromatic carbocycles. The molecule has 1 aliphatic rings. The summed E-state index contributed by atoms with van der Waals surface area (Å²) >= 11 is 0. The summed E-state index contributed by atoms with van der Waals surface area (Å²) < 4.78 is 0. The van der Waals surface area contributed by atoms with Crippen molar-refractivity contribution in [3.63, 3.8) is 0 Å². The van der Waals surface area contributed by atoms with Crippen LogP contribution in [0.3, 0.4) is 0 Å². The molecular weight excluding hydrogens is 262 g/mol. The van der Waals surface area contributed by atoms with Gasteiger partial charge in [0.15, 0.2) is 0 Å². The fraction of sp³-hybridized carbons (Fsp3) is 0.294. The van der Waals surface area contributed by atoms with Crippen LogP contribution in [-0.4, -0.2) is 36.2 Å². The van der Waals surface area contributed by atoms with Crippen molar-refractivity contribution in [3.8, 4) is 5.75 Å². The lowest BCUT2D eigenvalue weighted by Gasteiger charge is -2.36. The van der Waals surface area contributed by atoms with E-state index in [1.54, 1.807) is 12.1 Å². The van der Waals surface area contributed by atoms with Crippen molar-refractivity contribution >= 4 is 11.4 Å². The number of hydrogen-bond acceptors (Lipinski definition) is 4. The normalized spacial score (nSPS) is 16.1. The maximum atomic E-state index is 9.31. The van der Waals surface area contributed by atoms with Gasteiger partial charge in [0.2, 0.25) is 0 Å². The molecule has 0 aromatic heterocycles. The summed E-state index contributed by atoms with van der Waals surface area (Å²) in [4.78, 5) is 4.84. The molecule has 0 spiro atoms. The zero-order valence-electron chi connectivity index (χ0n) is 12.1. The van der Waals surface area contributed by atoms with Crippen LogP contribution in [0.15, 0.2) is 48.5 Å². The molecule has 4 heteroatoms. The maximum Gasteiger partial charge on any atom is 0.115 e. The van der Waals surface area contributed by atoms with Gasteiger partial charge in [-0.1, -0.05) is 12.1 Å². The van der Waals surface area contributed by atoms with Crippen molar-refractivity contribution in [2.75, 3.05) is 36.8 Å². The molecule has 110 valence electrons. The molecular formula is C17H21N3O. The number of nitrogens with two attached hydrogens (primary N) is 1. The molecule has 0 unspecified atom stereocenters. The summed E-state index contributed by atoms with van der Waals surface area (Å²) in [6.07, 6.45) is 0. The Kier molecular flexibility index (Phi) is 3.97. The molecule has 0 bridgehead atoms. The van der Waals surface area contributed by atoms with Gasteiger partial charge < -0.3 is 15.7 Å². The molecule has 0 amide bonds. The van der Waals surface area contributed by atoms with Gasteiger partial charge in [-0.05, 0) is 42.0 Å². The number of phenols is 1. The Balaban J connectivity index is 1.55. The molecule has 0 aliphatic carbocycles. The minimum absolute atomic E-state index is 0.326. The van der Waals surface area contributed by atoms with Crippen molar-refractivity contribution in [1.82, 2.24) is 4.90 Å². The first kappa shape index (κ1) is 13.8. The highest BCUT2D eigenvalue weighted by atomic mass is 16.3. The van der Waals surface area contributed by atoms with Crippen LogP contribution in [0, 0.1) is 0 Å². The maximum absolute atomic E-state index is 9.31. The van der Waals surface area contributed by atoms with Crippen molar-refractivity contribution in [3.05, 3.63) is 54.1 Å². The lowest BCUT2D eigenvalue weighted by molar-refractivity contribution is 0.250. The summed E-state index contributed by atoms with van der Waals surface area (Å²) in [7, 11) is 0. The third kappa shape index (κ3) is 3.47. The third-order valence-corrected chi connectivity index (χ3v) is 3.97. The Morgan fingerprint density at radius 3 is 2.10 bits per heavy atom. The molecule has 0 radical (unpaired) electrons. The van der Waals surface area contributed by atoms with E-state index in [1.165, 1.54) is 11.3 Å². The number of nitrogen functional groups attached to an aromatic ring is 1. The van der Waals surface area contributed by atoms with Crippen LogP contribution in [0.25, 0.3) is 0 Å². The average Bonchev–Trinajstić information content (AvgIpc) is 2.51. The van der Waals surface area contributed by atoms with E-state index < -0.39 is 0 Å². The van der Waals surface area contributed by atoms with Crippen molar-refractivity contribution in [2.45, 2.75) is 6.54 Å². The zero-order valence-corrected chi connectivity index (χ0v) is 12.1. The quantitative estimate of drug-likeness (QED) is 0.849. The first-order valence-corrected chi connectivity index (χ1v) is 7.31. The second-order valence-corrected chi connectivity index (χ2v) is 5.52. The van der Waals surface area contributed by atoms with E-state index in [0.29, 0.717) is 5.75 Å². The van der Waals surface area contributed by atoms with Gasteiger partial charge in [0.05, 0.1) is 0 Å². The fourth-order valence-corrected chi connectivity index (χ4v) is 2.71. The van der Waals surface area contributed by atoms with Crippen LogP contribution in [-0.2, 0) is 6.54 Å². The average molecular weight is 283 g/mol. The number of hydrogen-bond donors (Lipinski definition) is 2. The predicted molar refractivity (Wildman–Crippen MR) is 86.5 cm³/mol.